The van der Waals surface area contributed by atoms with Gasteiger partial charge in [-0.2, -0.15) is 0 Å². The highest BCUT2D eigenvalue weighted by Gasteiger charge is 2.42. The first-order valence-corrected chi connectivity index (χ1v) is 14.7. The van der Waals surface area contributed by atoms with E-state index in [4.69, 9.17) is 30.0 Å². The van der Waals surface area contributed by atoms with Gasteiger partial charge in [-0.25, -0.2) is 29.5 Å². The van der Waals surface area contributed by atoms with Crippen LogP contribution in [-0.4, -0.2) is 81.9 Å². The SMILES string of the molecule is Nc1ncnc2c1ccn2[C@H]1C[C@@H](OP(=O)(S)OC[C@H]2O[C@@H](n3cnc4c(N)ncnc43)C[C@H]2O)[C@@H](CO)O1. The summed E-state index contributed by atoms with van der Waals surface area (Å²) >= 11 is 4.11. The lowest BCUT2D eigenvalue weighted by Gasteiger charge is -2.22. The third-order valence-electron chi connectivity index (χ3n) is 6.78. The fraction of sp³-hybridized carbons (Fsp3) is 0.476. The van der Waals surface area contributed by atoms with Crippen LogP contribution in [0.2, 0.25) is 0 Å². The highest BCUT2D eigenvalue weighted by atomic mass is 32.7. The number of nitrogens with two attached hydrogens (primary N) is 2. The van der Waals surface area contributed by atoms with Crippen molar-refractivity contribution in [3.05, 3.63) is 31.2 Å². The van der Waals surface area contributed by atoms with Crippen LogP contribution in [0.1, 0.15) is 25.3 Å². The van der Waals surface area contributed by atoms with Crippen molar-refractivity contribution in [2.75, 3.05) is 24.7 Å². The molecule has 6 rings (SSSR count). The van der Waals surface area contributed by atoms with Gasteiger partial charge in [0, 0.05) is 19.0 Å². The average molecular weight is 580 g/mol. The summed E-state index contributed by atoms with van der Waals surface area (Å²) in [6.45, 7) is -4.60. The molecule has 1 unspecified atom stereocenters. The second-order valence-corrected chi connectivity index (χ2v) is 12.1. The first-order chi connectivity index (χ1) is 18.7. The largest absolute Gasteiger partial charge is 0.394 e. The fourth-order valence-corrected chi connectivity index (χ4v) is 6.38. The molecule has 4 aromatic rings. The van der Waals surface area contributed by atoms with Gasteiger partial charge in [0.05, 0.1) is 31.0 Å². The monoisotopic (exact) mass is 579 g/mol. The average Bonchev–Trinajstić information content (AvgIpc) is 3.68. The van der Waals surface area contributed by atoms with Gasteiger partial charge in [-0.3, -0.25) is 13.6 Å². The molecule has 39 heavy (non-hydrogen) atoms. The fourth-order valence-electron chi connectivity index (χ4n) is 4.85. The van der Waals surface area contributed by atoms with Gasteiger partial charge in [0.25, 0.3) is 0 Å². The zero-order chi connectivity index (χ0) is 27.3. The Hall–Kier alpha value is -2.89. The second-order valence-electron chi connectivity index (χ2n) is 9.19. The van der Waals surface area contributed by atoms with E-state index in [0.29, 0.717) is 28.0 Å². The smallest absolute Gasteiger partial charge is 0.386 e. The van der Waals surface area contributed by atoms with Crippen LogP contribution >= 0.6 is 19.0 Å². The quantitative estimate of drug-likeness (QED) is 0.144. The maximum absolute atomic E-state index is 13.1. The molecule has 0 radical (unpaired) electrons. The minimum atomic E-state index is -3.95. The molecule has 2 aliphatic rings. The molecule has 2 aliphatic heterocycles. The standard InChI is InChI=1S/C21H26N9O7PS/c22-18-10-1-2-29(20(10)26-7-24-18)16-4-12(13(5-31)35-16)37-38(33,39)34-6-14-11(32)3-15(36-14)30-9-28-17-19(23)25-8-27-21(17)30/h1-2,7-9,11-16,31-32H,3-6H2,(H,33,39)(H2,22,24,26)(H2,23,25,27)/t11-,12-,13-,14-,15-,16-,38?/m1/s1. The second kappa shape index (κ2) is 10.3. The molecule has 4 aromatic heterocycles. The number of ether oxygens (including phenoxy) is 2. The maximum Gasteiger partial charge on any atom is 0.386 e. The van der Waals surface area contributed by atoms with Crippen molar-refractivity contribution in [1.29, 1.82) is 0 Å². The van der Waals surface area contributed by atoms with Crippen molar-refractivity contribution in [2.45, 2.75) is 49.7 Å². The van der Waals surface area contributed by atoms with E-state index < -0.39 is 43.7 Å². The van der Waals surface area contributed by atoms with Crippen molar-refractivity contribution in [3.63, 3.8) is 0 Å². The van der Waals surface area contributed by atoms with Crippen molar-refractivity contribution in [3.8, 4) is 0 Å². The van der Waals surface area contributed by atoms with E-state index in [-0.39, 0.29) is 31.9 Å². The number of anilines is 2. The Balaban J connectivity index is 1.09. The van der Waals surface area contributed by atoms with Crippen LogP contribution < -0.4 is 11.5 Å². The lowest BCUT2D eigenvalue weighted by Crippen LogP contribution is -2.28. The van der Waals surface area contributed by atoms with Crippen LogP contribution in [0.3, 0.4) is 0 Å². The Kier molecular flexibility index (Phi) is 6.93. The first kappa shape index (κ1) is 26.3. The van der Waals surface area contributed by atoms with E-state index in [0.717, 1.165) is 0 Å². The predicted molar refractivity (Wildman–Crippen MR) is 139 cm³/mol. The summed E-state index contributed by atoms with van der Waals surface area (Å²) in [7, 11) is 0. The third kappa shape index (κ3) is 4.96. The number of rotatable bonds is 8. The Labute approximate surface area is 226 Å². The van der Waals surface area contributed by atoms with Crippen LogP contribution in [0.4, 0.5) is 11.6 Å². The van der Waals surface area contributed by atoms with Crippen LogP contribution in [0.25, 0.3) is 22.2 Å². The minimum absolute atomic E-state index is 0.213. The molecule has 0 bridgehead atoms. The van der Waals surface area contributed by atoms with Crippen LogP contribution in [0.5, 0.6) is 0 Å². The van der Waals surface area contributed by atoms with Crippen LogP contribution in [0, 0.1) is 0 Å². The summed E-state index contributed by atoms with van der Waals surface area (Å²) in [6, 6.07) is 1.76. The third-order valence-corrected chi connectivity index (χ3v) is 8.42. The summed E-state index contributed by atoms with van der Waals surface area (Å²) in [6.07, 6.45) is 1.82. The highest BCUT2D eigenvalue weighted by Crippen LogP contribution is 2.56. The Bertz CT molecular complexity index is 1550. The maximum atomic E-state index is 13.1. The van der Waals surface area contributed by atoms with Crippen LogP contribution in [0.15, 0.2) is 31.2 Å². The number of fused-ring (bicyclic) bond motifs is 2. The number of aromatic nitrogens is 7. The van der Waals surface area contributed by atoms with Gasteiger partial charge in [-0.05, 0) is 6.07 Å². The van der Waals surface area contributed by atoms with E-state index in [1.54, 1.807) is 21.4 Å². The van der Waals surface area contributed by atoms with Gasteiger partial charge in [-0.15, -0.1) is 0 Å². The van der Waals surface area contributed by atoms with Gasteiger partial charge in [0.15, 0.2) is 11.5 Å². The Morgan fingerprint density at radius 2 is 1.74 bits per heavy atom. The first-order valence-electron chi connectivity index (χ1n) is 12.0. The molecular weight excluding hydrogens is 553 g/mol. The molecule has 0 aliphatic carbocycles. The summed E-state index contributed by atoms with van der Waals surface area (Å²) in [5, 5.41) is 21.1. The predicted octanol–water partition coefficient (Wildman–Crippen LogP) is 0.803. The van der Waals surface area contributed by atoms with Crippen molar-refractivity contribution in [2.24, 2.45) is 0 Å². The molecule has 6 N–H and O–H groups in total. The zero-order valence-corrected chi connectivity index (χ0v) is 22.1. The molecule has 7 atom stereocenters. The topological polar surface area (TPSA) is 221 Å². The molecular formula is C21H26N9O7PS. The summed E-state index contributed by atoms with van der Waals surface area (Å²) in [5.74, 6) is 0.556. The summed E-state index contributed by atoms with van der Waals surface area (Å²) in [4.78, 5) is 20.6. The molecule has 18 heteroatoms. The van der Waals surface area contributed by atoms with E-state index >= 15 is 0 Å². The zero-order valence-electron chi connectivity index (χ0n) is 20.3. The number of nitrogens with zero attached hydrogens (tertiary/aromatic N) is 7. The number of nitrogen functional groups attached to an aromatic ring is 2. The van der Waals surface area contributed by atoms with Crippen molar-refractivity contribution in [1.82, 2.24) is 34.1 Å². The number of aliphatic hydroxyl groups is 2. The highest BCUT2D eigenvalue weighted by molar-refractivity contribution is 8.44. The number of hydrogen-bond acceptors (Lipinski definition) is 14. The molecule has 0 aromatic carbocycles. The van der Waals surface area contributed by atoms with Gasteiger partial charge >= 0.3 is 6.80 Å². The van der Waals surface area contributed by atoms with Crippen molar-refractivity contribution < 1.29 is 33.3 Å². The van der Waals surface area contributed by atoms with Gasteiger partial charge < -0.3 is 35.7 Å². The summed E-state index contributed by atoms with van der Waals surface area (Å²) < 4.78 is 39.5. The molecule has 208 valence electrons. The number of thiol groups is 1. The molecule has 0 amide bonds. The summed E-state index contributed by atoms with van der Waals surface area (Å²) in [5.41, 5.74) is 13.2. The Morgan fingerprint density at radius 1 is 1.03 bits per heavy atom. The number of aliphatic hydroxyl groups excluding tert-OH is 2. The molecule has 0 saturated carbocycles. The Morgan fingerprint density at radius 3 is 2.54 bits per heavy atom. The molecule has 2 fully saturated rings. The van der Waals surface area contributed by atoms with Gasteiger partial charge in [-0.1, -0.05) is 12.2 Å². The lowest BCUT2D eigenvalue weighted by atomic mass is 10.2. The van der Waals surface area contributed by atoms with Gasteiger partial charge in [0.1, 0.15) is 60.4 Å². The minimum Gasteiger partial charge on any atom is -0.394 e. The molecule has 2 saturated heterocycles. The van der Waals surface area contributed by atoms with Crippen LogP contribution in [-0.2, 0) is 23.1 Å². The molecule has 16 nitrogen and oxygen atoms in total. The number of hydrogen-bond donors (Lipinski definition) is 5. The van der Waals surface area contributed by atoms with E-state index in [1.807, 2.05) is 0 Å². The molecule has 6 heterocycles. The van der Waals surface area contributed by atoms with E-state index in [1.165, 1.54) is 19.0 Å². The number of imidazole rings is 1. The van der Waals surface area contributed by atoms with E-state index in [9.17, 15) is 14.8 Å². The normalized spacial score (nSPS) is 28.9. The van der Waals surface area contributed by atoms with E-state index in [2.05, 4.69) is 37.2 Å². The lowest BCUT2D eigenvalue weighted by molar-refractivity contribution is -0.0484. The van der Waals surface area contributed by atoms with Gasteiger partial charge in [0.2, 0.25) is 0 Å². The van der Waals surface area contributed by atoms with Crippen molar-refractivity contribution >= 4 is 52.9 Å². The molecule has 0 spiro atoms.